The molecule has 0 aliphatic heterocycles. The molecule has 24 heavy (non-hydrogen) atoms. The van der Waals surface area contributed by atoms with Crippen LogP contribution in [-0.2, 0) is 11.2 Å². The fourth-order valence-corrected chi connectivity index (χ4v) is 2.54. The zero-order chi connectivity index (χ0) is 17.9. The lowest BCUT2D eigenvalue weighted by Gasteiger charge is -2.19. The van der Waals surface area contributed by atoms with Gasteiger partial charge in [-0.25, -0.2) is 14.4 Å². The third kappa shape index (κ3) is 4.12. The van der Waals surface area contributed by atoms with Crippen LogP contribution in [0.2, 0.25) is 0 Å². The lowest BCUT2D eigenvalue weighted by atomic mass is 9.94. The number of nitrogens with zero attached hydrogens (tertiary/aromatic N) is 3. The van der Waals surface area contributed by atoms with Crippen LogP contribution in [0.15, 0.2) is 24.3 Å². The van der Waals surface area contributed by atoms with Crippen LogP contribution in [0.1, 0.15) is 44.4 Å². The van der Waals surface area contributed by atoms with Crippen LogP contribution in [0.5, 0.6) is 0 Å². The Bertz CT molecular complexity index is 730. The molecule has 0 amide bonds. The fourth-order valence-electron chi connectivity index (χ4n) is 2.45. The van der Waals surface area contributed by atoms with Crippen molar-refractivity contribution in [1.82, 2.24) is 9.97 Å². The van der Waals surface area contributed by atoms with Crippen LogP contribution >= 0.6 is 12.8 Å². The summed E-state index contributed by atoms with van der Waals surface area (Å²) in [6.07, 6.45) is 0.724. The van der Waals surface area contributed by atoms with Crippen LogP contribution in [-0.4, -0.2) is 22.8 Å². The average Bonchev–Trinajstić information content (AvgIpc) is 2.55. The van der Waals surface area contributed by atoms with Crippen molar-refractivity contribution in [3.05, 3.63) is 41.3 Å². The van der Waals surface area contributed by atoms with E-state index >= 15 is 0 Å². The smallest absolute Gasteiger partial charge is 0.235 e. The predicted molar refractivity (Wildman–Crippen MR) is 97.9 cm³/mol. The Kier molecular flexibility index (Phi) is 5.94. The minimum atomic E-state index is -0.311. The normalized spacial score (nSPS) is 11.0. The molecule has 2 aromatic rings. The Labute approximate surface area is 147 Å². The number of halogens is 1. The maximum atomic E-state index is 13.3. The zero-order valence-electron chi connectivity index (χ0n) is 14.4. The summed E-state index contributed by atoms with van der Waals surface area (Å²) in [7, 11) is 1.74. The SMILES string of the molecule is CCC(=O)Cc1c(-c2ccc(F)cc2)nc(N(C)S)nc1C(C)C. The lowest BCUT2D eigenvalue weighted by Crippen LogP contribution is -2.15. The van der Waals surface area contributed by atoms with Gasteiger partial charge in [0.2, 0.25) is 5.95 Å². The molecule has 0 unspecified atom stereocenters. The van der Waals surface area contributed by atoms with E-state index in [1.54, 1.807) is 19.2 Å². The Hall–Kier alpha value is -1.95. The van der Waals surface area contributed by atoms with Gasteiger partial charge < -0.3 is 0 Å². The minimum Gasteiger partial charge on any atom is -0.299 e. The predicted octanol–water partition coefficient (Wildman–Crippen LogP) is 4.21. The second-order valence-corrected chi connectivity index (χ2v) is 6.59. The maximum Gasteiger partial charge on any atom is 0.235 e. The van der Waals surface area contributed by atoms with E-state index in [-0.39, 0.29) is 23.9 Å². The van der Waals surface area contributed by atoms with Crippen molar-refractivity contribution in [2.75, 3.05) is 11.4 Å². The summed E-state index contributed by atoms with van der Waals surface area (Å²) in [5.74, 6) is 0.387. The zero-order valence-corrected chi connectivity index (χ0v) is 15.3. The van der Waals surface area contributed by atoms with E-state index in [1.165, 1.54) is 16.4 Å². The molecule has 2 rings (SSSR count). The van der Waals surface area contributed by atoms with Crippen molar-refractivity contribution >= 4 is 24.5 Å². The molecule has 0 saturated heterocycles. The number of benzene rings is 1. The first-order valence-electron chi connectivity index (χ1n) is 7.94. The highest BCUT2D eigenvalue weighted by Gasteiger charge is 2.21. The van der Waals surface area contributed by atoms with E-state index in [0.717, 1.165) is 16.8 Å². The van der Waals surface area contributed by atoms with E-state index < -0.39 is 0 Å². The summed E-state index contributed by atoms with van der Waals surface area (Å²) in [5.41, 5.74) is 3.05. The number of ketones is 1. The second-order valence-electron chi connectivity index (χ2n) is 5.99. The Morgan fingerprint density at radius 2 is 1.88 bits per heavy atom. The molecule has 4 nitrogen and oxygen atoms in total. The Balaban J connectivity index is 2.71. The summed E-state index contributed by atoms with van der Waals surface area (Å²) in [5, 5.41) is 0. The number of carbonyl (C=O) groups is 1. The summed E-state index contributed by atoms with van der Waals surface area (Å²) in [6, 6.07) is 6.12. The number of anilines is 1. The number of rotatable bonds is 6. The van der Waals surface area contributed by atoms with Gasteiger partial charge in [0.1, 0.15) is 11.6 Å². The van der Waals surface area contributed by atoms with Crippen molar-refractivity contribution < 1.29 is 9.18 Å². The number of aromatic nitrogens is 2. The lowest BCUT2D eigenvalue weighted by molar-refractivity contribution is -0.118. The van der Waals surface area contributed by atoms with Crippen molar-refractivity contribution in [3.63, 3.8) is 0 Å². The van der Waals surface area contributed by atoms with E-state index in [4.69, 9.17) is 0 Å². The Morgan fingerprint density at radius 1 is 1.25 bits per heavy atom. The maximum absolute atomic E-state index is 13.3. The van der Waals surface area contributed by atoms with Crippen molar-refractivity contribution in [2.45, 2.75) is 39.5 Å². The Morgan fingerprint density at radius 3 is 2.38 bits per heavy atom. The monoisotopic (exact) mass is 347 g/mol. The van der Waals surface area contributed by atoms with Gasteiger partial charge in [-0.1, -0.05) is 33.6 Å². The summed E-state index contributed by atoms with van der Waals surface area (Å²) in [4.78, 5) is 21.2. The van der Waals surface area contributed by atoms with Gasteiger partial charge in [0.25, 0.3) is 0 Å². The molecule has 6 heteroatoms. The highest BCUT2D eigenvalue weighted by molar-refractivity contribution is 7.81. The number of carbonyl (C=O) groups excluding carboxylic acids is 1. The van der Waals surface area contributed by atoms with Crippen molar-refractivity contribution in [1.29, 1.82) is 0 Å². The van der Waals surface area contributed by atoms with Crippen LogP contribution in [0.25, 0.3) is 11.3 Å². The average molecular weight is 347 g/mol. The summed E-state index contributed by atoms with van der Waals surface area (Å²) < 4.78 is 14.8. The molecule has 0 N–H and O–H groups in total. The molecule has 0 radical (unpaired) electrons. The van der Waals surface area contributed by atoms with E-state index in [0.29, 0.717) is 18.1 Å². The number of hydrogen-bond acceptors (Lipinski definition) is 5. The van der Waals surface area contributed by atoms with Gasteiger partial charge >= 0.3 is 0 Å². The van der Waals surface area contributed by atoms with Gasteiger partial charge in [0.05, 0.1) is 11.4 Å². The quantitative estimate of drug-likeness (QED) is 0.795. The molecule has 128 valence electrons. The molecule has 0 spiro atoms. The summed E-state index contributed by atoms with van der Waals surface area (Å²) >= 11 is 4.28. The number of thiol groups is 1. The first kappa shape index (κ1) is 18.4. The second kappa shape index (κ2) is 7.75. The van der Waals surface area contributed by atoms with Gasteiger partial charge in [0.15, 0.2) is 0 Å². The number of Topliss-reactive ketones (excluding diaryl/α,β-unsaturated/α-hetero) is 1. The third-order valence-corrected chi connectivity index (χ3v) is 3.93. The van der Waals surface area contributed by atoms with Gasteiger partial charge in [-0.3, -0.25) is 9.10 Å². The largest absolute Gasteiger partial charge is 0.299 e. The van der Waals surface area contributed by atoms with Gasteiger partial charge in [0, 0.05) is 31.0 Å². The third-order valence-electron chi connectivity index (χ3n) is 3.75. The van der Waals surface area contributed by atoms with Crippen LogP contribution < -0.4 is 4.31 Å². The van der Waals surface area contributed by atoms with E-state index in [2.05, 4.69) is 22.8 Å². The summed E-state index contributed by atoms with van der Waals surface area (Å²) in [6.45, 7) is 5.89. The molecule has 0 saturated carbocycles. The van der Waals surface area contributed by atoms with Crippen LogP contribution in [0, 0.1) is 5.82 Å². The van der Waals surface area contributed by atoms with Gasteiger partial charge in [-0.05, 0) is 30.2 Å². The molecule has 1 aromatic carbocycles. The van der Waals surface area contributed by atoms with Crippen LogP contribution in [0.4, 0.5) is 10.3 Å². The van der Waals surface area contributed by atoms with Crippen molar-refractivity contribution in [2.24, 2.45) is 0 Å². The van der Waals surface area contributed by atoms with Crippen LogP contribution in [0.3, 0.4) is 0 Å². The molecule has 0 fully saturated rings. The minimum absolute atomic E-state index is 0.121. The molecular formula is C18H22FN3OS. The molecule has 1 aromatic heterocycles. The first-order valence-corrected chi connectivity index (χ1v) is 8.34. The number of hydrogen-bond donors (Lipinski definition) is 1. The molecule has 0 atom stereocenters. The molecule has 0 bridgehead atoms. The standard InChI is InChI=1S/C18H22FN3OS/c1-5-14(23)10-15-16(11(2)3)20-18(22(4)24)21-17(15)12-6-8-13(19)9-7-12/h6-9,11,24H,5,10H2,1-4H3. The fraction of sp³-hybridized carbons (Fsp3) is 0.389. The molecule has 0 aliphatic rings. The van der Waals surface area contributed by atoms with E-state index in [1.807, 2.05) is 20.8 Å². The molecule has 1 heterocycles. The van der Waals surface area contributed by atoms with Gasteiger partial charge in [-0.15, -0.1) is 0 Å². The topological polar surface area (TPSA) is 46.1 Å². The van der Waals surface area contributed by atoms with Gasteiger partial charge in [-0.2, -0.15) is 0 Å². The van der Waals surface area contributed by atoms with E-state index in [9.17, 15) is 9.18 Å². The van der Waals surface area contributed by atoms with Crippen molar-refractivity contribution in [3.8, 4) is 11.3 Å². The first-order chi connectivity index (χ1) is 11.3. The molecule has 0 aliphatic carbocycles. The highest BCUT2D eigenvalue weighted by Crippen LogP contribution is 2.31. The highest BCUT2D eigenvalue weighted by atomic mass is 32.1. The molecular weight excluding hydrogens is 325 g/mol.